The fraction of sp³-hybridized carbons (Fsp3) is 0.115. The smallest absolute Gasteiger partial charge is 0.323 e. The molecule has 4 rings (SSSR count). The second-order valence-corrected chi connectivity index (χ2v) is 7.71. The van der Waals surface area contributed by atoms with E-state index in [4.69, 9.17) is 0 Å². The normalized spacial score (nSPS) is 12.7. The van der Waals surface area contributed by atoms with Crippen molar-refractivity contribution < 1.29 is 14.4 Å². The second kappa shape index (κ2) is 10.3. The van der Waals surface area contributed by atoms with Crippen LogP contribution in [0.25, 0.3) is 6.08 Å². The number of carbonyl (C=O) groups excluding carboxylic acids is 3. The molecule has 166 valence electrons. The lowest BCUT2D eigenvalue weighted by Crippen LogP contribution is -2.25. The van der Waals surface area contributed by atoms with Crippen LogP contribution in [0.3, 0.4) is 0 Å². The van der Waals surface area contributed by atoms with Gasteiger partial charge in [-0.25, -0.2) is 4.79 Å². The summed E-state index contributed by atoms with van der Waals surface area (Å²) in [5.74, 6) is -0.352. The average Bonchev–Trinajstić information content (AvgIpc) is 3.64. The highest BCUT2D eigenvalue weighted by atomic mass is 16.2. The van der Waals surface area contributed by atoms with Gasteiger partial charge in [0, 0.05) is 34.7 Å². The van der Waals surface area contributed by atoms with E-state index >= 15 is 0 Å². The van der Waals surface area contributed by atoms with Crippen molar-refractivity contribution in [1.82, 2.24) is 5.32 Å². The van der Waals surface area contributed by atoms with Crippen LogP contribution in [0.1, 0.15) is 28.8 Å². The number of rotatable bonds is 7. The molecule has 0 atom stereocenters. The molecule has 0 aliphatic heterocycles. The lowest BCUT2D eigenvalue weighted by molar-refractivity contribution is -0.111. The van der Waals surface area contributed by atoms with E-state index in [1.165, 1.54) is 6.08 Å². The number of benzene rings is 3. The van der Waals surface area contributed by atoms with Crippen LogP contribution in [0.2, 0.25) is 0 Å². The van der Waals surface area contributed by atoms with Gasteiger partial charge in [-0.05, 0) is 73.0 Å². The first-order valence-electron chi connectivity index (χ1n) is 10.7. The zero-order chi connectivity index (χ0) is 23.0. The first-order valence-corrected chi connectivity index (χ1v) is 10.7. The van der Waals surface area contributed by atoms with E-state index in [9.17, 15) is 14.4 Å². The van der Waals surface area contributed by atoms with Gasteiger partial charge >= 0.3 is 6.03 Å². The quantitative estimate of drug-likeness (QED) is 0.394. The summed E-state index contributed by atoms with van der Waals surface area (Å²) in [7, 11) is 0. The Morgan fingerprint density at radius 2 is 1.27 bits per heavy atom. The Morgan fingerprint density at radius 3 is 1.88 bits per heavy atom. The molecule has 0 unspecified atom stereocenters. The molecular weight excluding hydrogens is 416 g/mol. The van der Waals surface area contributed by atoms with Crippen molar-refractivity contribution in [3.8, 4) is 0 Å². The Kier molecular flexibility index (Phi) is 6.80. The fourth-order valence-electron chi connectivity index (χ4n) is 3.05. The molecule has 7 heteroatoms. The third kappa shape index (κ3) is 6.80. The third-order valence-electron chi connectivity index (χ3n) is 4.95. The molecule has 7 nitrogen and oxygen atoms in total. The van der Waals surface area contributed by atoms with E-state index in [0.717, 1.165) is 18.4 Å². The lowest BCUT2D eigenvalue weighted by Gasteiger charge is -2.08. The molecule has 0 heterocycles. The highest BCUT2D eigenvalue weighted by Crippen LogP contribution is 2.19. The summed E-state index contributed by atoms with van der Waals surface area (Å²) in [6, 6.07) is 23.0. The molecule has 1 aliphatic rings. The van der Waals surface area contributed by atoms with Gasteiger partial charge in [-0.3, -0.25) is 9.59 Å². The number of carbonyl (C=O) groups is 3. The molecule has 1 aliphatic carbocycles. The Morgan fingerprint density at radius 1 is 0.697 bits per heavy atom. The van der Waals surface area contributed by atoms with Gasteiger partial charge in [-0.2, -0.15) is 0 Å². The van der Waals surface area contributed by atoms with Gasteiger partial charge in [0.1, 0.15) is 0 Å². The first kappa shape index (κ1) is 21.8. The van der Waals surface area contributed by atoms with Crippen LogP contribution >= 0.6 is 0 Å². The largest absolute Gasteiger partial charge is 0.349 e. The average molecular weight is 441 g/mol. The SMILES string of the molecule is O=C(/C=C/c1ccc(C(=O)NC2CC2)cc1)Nc1ccc(NC(=O)Nc2ccccc2)cc1. The molecule has 0 spiro atoms. The molecule has 0 aromatic heterocycles. The van der Waals surface area contributed by atoms with Gasteiger partial charge in [0.2, 0.25) is 5.91 Å². The standard InChI is InChI=1S/C26H24N4O3/c31-24(17-8-18-6-9-19(10-7-18)25(32)28-22-13-14-22)27-21-11-15-23(16-12-21)30-26(33)29-20-4-2-1-3-5-20/h1-12,15-17,22H,13-14H2,(H,27,31)(H,28,32)(H2,29,30,33)/b17-8+. The van der Waals surface area contributed by atoms with E-state index in [2.05, 4.69) is 21.3 Å². The van der Waals surface area contributed by atoms with E-state index in [1.54, 1.807) is 66.7 Å². The lowest BCUT2D eigenvalue weighted by atomic mass is 10.1. The Labute approximate surface area is 191 Å². The maximum atomic E-state index is 12.2. The van der Waals surface area contributed by atoms with Crippen LogP contribution < -0.4 is 21.3 Å². The van der Waals surface area contributed by atoms with Gasteiger partial charge in [-0.1, -0.05) is 30.3 Å². The van der Waals surface area contributed by atoms with Crippen LogP contribution in [-0.2, 0) is 4.79 Å². The van der Waals surface area contributed by atoms with Crippen LogP contribution in [0.15, 0.2) is 84.9 Å². The molecule has 1 fully saturated rings. The van der Waals surface area contributed by atoms with Gasteiger partial charge < -0.3 is 21.3 Å². The van der Waals surface area contributed by atoms with Crippen molar-refractivity contribution in [1.29, 1.82) is 0 Å². The predicted molar refractivity (Wildman–Crippen MR) is 130 cm³/mol. The van der Waals surface area contributed by atoms with Gasteiger partial charge in [0.25, 0.3) is 5.91 Å². The monoisotopic (exact) mass is 440 g/mol. The summed E-state index contributed by atoms with van der Waals surface area (Å²) in [6.07, 6.45) is 5.20. The van der Waals surface area contributed by atoms with E-state index in [1.807, 2.05) is 18.2 Å². The first-order chi connectivity index (χ1) is 16.0. The van der Waals surface area contributed by atoms with Crippen LogP contribution in [-0.4, -0.2) is 23.9 Å². The van der Waals surface area contributed by atoms with Crippen molar-refractivity contribution in [2.45, 2.75) is 18.9 Å². The molecule has 0 bridgehead atoms. The van der Waals surface area contributed by atoms with Gasteiger partial charge in [0.15, 0.2) is 0 Å². The molecule has 1 saturated carbocycles. The zero-order valence-electron chi connectivity index (χ0n) is 17.9. The Hall–Kier alpha value is -4.39. The second-order valence-electron chi connectivity index (χ2n) is 7.71. The van der Waals surface area contributed by atoms with Crippen LogP contribution in [0, 0.1) is 0 Å². The van der Waals surface area contributed by atoms with Crippen molar-refractivity contribution in [3.05, 3.63) is 96.1 Å². The summed E-state index contributed by atoms with van der Waals surface area (Å²) in [4.78, 5) is 36.3. The molecular formula is C26H24N4O3. The maximum absolute atomic E-state index is 12.2. The van der Waals surface area contributed by atoms with Crippen molar-refractivity contribution in [3.63, 3.8) is 0 Å². The number of hydrogen-bond acceptors (Lipinski definition) is 3. The maximum Gasteiger partial charge on any atom is 0.323 e. The molecule has 4 amide bonds. The van der Waals surface area contributed by atoms with Crippen molar-refractivity contribution in [2.24, 2.45) is 0 Å². The highest BCUT2D eigenvalue weighted by molar-refractivity contribution is 6.03. The fourth-order valence-corrected chi connectivity index (χ4v) is 3.05. The molecule has 3 aromatic carbocycles. The molecule has 3 aromatic rings. The van der Waals surface area contributed by atoms with Crippen molar-refractivity contribution >= 4 is 41.0 Å². The van der Waals surface area contributed by atoms with E-state index < -0.39 is 0 Å². The third-order valence-corrected chi connectivity index (χ3v) is 4.95. The topological polar surface area (TPSA) is 99.3 Å². The summed E-state index contributed by atoms with van der Waals surface area (Å²) < 4.78 is 0. The molecule has 4 N–H and O–H groups in total. The highest BCUT2D eigenvalue weighted by Gasteiger charge is 2.23. The number of nitrogens with one attached hydrogen (secondary N) is 4. The molecule has 0 saturated heterocycles. The number of para-hydroxylation sites is 1. The minimum atomic E-state index is -0.350. The summed E-state index contributed by atoms with van der Waals surface area (Å²) in [5.41, 5.74) is 3.32. The summed E-state index contributed by atoms with van der Waals surface area (Å²) in [5, 5.41) is 11.2. The zero-order valence-corrected chi connectivity index (χ0v) is 17.9. The molecule has 0 radical (unpaired) electrons. The Bertz CT molecular complexity index is 1150. The van der Waals surface area contributed by atoms with Crippen LogP contribution in [0.5, 0.6) is 0 Å². The number of amides is 4. The predicted octanol–water partition coefficient (Wildman–Crippen LogP) is 4.87. The van der Waals surface area contributed by atoms with Crippen molar-refractivity contribution in [2.75, 3.05) is 16.0 Å². The van der Waals surface area contributed by atoms with Crippen LogP contribution in [0.4, 0.5) is 21.9 Å². The number of hydrogen-bond donors (Lipinski definition) is 4. The van der Waals surface area contributed by atoms with Gasteiger partial charge in [-0.15, -0.1) is 0 Å². The summed E-state index contributed by atoms with van der Waals surface area (Å²) >= 11 is 0. The van der Waals surface area contributed by atoms with E-state index in [-0.39, 0.29) is 17.8 Å². The summed E-state index contributed by atoms with van der Waals surface area (Å²) in [6.45, 7) is 0. The number of urea groups is 1. The Balaban J connectivity index is 1.25. The minimum absolute atomic E-state index is 0.0683. The molecule has 33 heavy (non-hydrogen) atoms. The van der Waals surface area contributed by atoms with Gasteiger partial charge in [0.05, 0.1) is 0 Å². The van der Waals surface area contributed by atoms with E-state index in [0.29, 0.717) is 28.7 Å². The minimum Gasteiger partial charge on any atom is -0.349 e. The number of anilines is 3.